The van der Waals surface area contributed by atoms with Crippen molar-refractivity contribution in [2.24, 2.45) is 7.05 Å². The smallest absolute Gasteiger partial charge is 0.258 e. The summed E-state index contributed by atoms with van der Waals surface area (Å²) in [7, 11) is 1.77. The number of benzene rings is 1. The molecule has 1 amide bonds. The highest BCUT2D eigenvalue weighted by atomic mass is 16.3. The first kappa shape index (κ1) is 13.1. The van der Waals surface area contributed by atoms with Gasteiger partial charge in [-0.2, -0.15) is 5.10 Å². The maximum atomic E-state index is 12.2. The Morgan fingerprint density at radius 3 is 2.90 bits per heavy atom. The van der Waals surface area contributed by atoms with E-state index in [1.165, 1.54) is 12.5 Å². The molecule has 2 heterocycles. The maximum Gasteiger partial charge on any atom is 0.258 e. The number of oxazole rings is 1. The van der Waals surface area contributed by atoms with Gasteiger partial charge in [0.2, 0.25) is 5.89 Å². The van der Waals surface area contributed by atoms with Gasteiger partial charge in [-0.15, -0.1) is 0 Å². The van der Waals surface area contributed by atoms with E-state index in [0.29, 0.717) is 11.5 Å². The Morgan fingerprint density at radius 2 is 2.24 bits per heavy atom. The van der Waals surface area contributed by atoms with Gasteiger partial charge >= 0.3 is 0 Å². The summed E-state index contributed by atoms with van der Waals surface area (Å²) in [4.78, 5) is 16.3. The number of amides is 1. The number of carbonyl (C=O) groups is 1. The molecular formula is C15H14N4O2. The van der Waals surface area contributed by atoms with Crippen molar-refractivity contribution in [3.63, 3.8) is 0 Å². The normalized spacial score (nSPS) is 10.6. The Balaban J connectivity index is 1.88. The molecule has 0 fully saturated rings. The molecular weight excluding hydrogens is 268 g/mol. The number of aromatic nitrogens is 3. The third kappa shape index (κ3) is 2.69. The number of hydrogen-bond donors (Lipinski definition) is 1. The molecule has 0 bridgehead atoms. The Kier molecular flexibility index (Phi) is 3.27. The van der Waals surface area contributed by atoms with Crippen LogP contribution in [0.15, 0.2) is 47.5 Å². The zero-order valence-corrected chi connectivity index (χ0v) is 11.7. The van der Waals surface area contributed by atoms with Crippen molar-refractivity contribution in [1.82, 2.24) is 14.8 Å². The SMILES string of the molecule is Cc1ccc(-c2ncco2)cc1NC(=O)c1cnn(C)c1. The third-order valence-electron chi connectivity index (χ3n) is 3.13. The van der Waals surface area contributed by atoms with Gasteiger partial charge in [-0.3, -0.25) is 9.48 Å². The molecule has 21 heavy (non-hydrogen) atoms. The van der Waals surface area contributed by atoms with Crippen LogP contribution in [-0.4, -0.2) is 20.7 Å². The predicted molar refractivity (Wildman–Crippen MR) is 77.8 cm³/mol. The van der Waals surface area contributed by atoms with Crippen LogP contribution in [0.5, 0.6) is 0 Å². The van der Waals surface area contributed by atoms with Gasteiger partial charge in [0.25, 0.3) is 5.91 Å². The Labute approximate surface area is 121 Å². The molecule has 106 valence electrons. The van der Waals surface area contributed by atoms with Crippen molar-refractivity contribution in [2.45, 2.75) is 6.92 Å². The van der Waals surface area contributed by atoms with Crippen LogP contribution in [0, 0.1) is 6.92 Å². The van der Waals surface area contributed by atoms with Crippen LogP contribution < -0.4 is 5.32 Å². The highest BCUT2D eigenvalue weighted by molar-refractivity contribution is 6.04. The minimum absolute atomic E-state index is 0.198. The molecule has 0 radical (unpaired) electrons. The maximum absolute atomic E-state index is 12.2. The molecule has 0 aliphatic carbocycles. The van der Waals surface area contributed by atoms with E-state index in [9.17, 15) is 4.79 Å². The second-order valence-electron chi connectivity index (χ2n) is 4.72. The van der Waals surface area contributed by atoms with Crippen LogP contribution in [0.3, 0.4) is 0 Å². The second kappa shape index (κ2) is 5.24. The Bertz CT molecular complexity index is 775. The lowest BCUT2D eigenvalue weighted by molar-refractivity contribution is 0.102. The van der Waals surface area contributed by atoms with Crippen molar-refractivity contribution < 1.29 is 9.21 Å². The summed E-state index contributed by atoms with van der Waals surface area (Å²) in [6, 6.07) is 5.66. The van der Waals surface area contributed by atoms with Crippen molar-refractivity contribution in [3.05, 3.63) is 54.2 Å². The monoisotopic (exact) mass is 282 g/mol. The fourth-order valence-corrected chi connectivity index (χ4v) is 1.99. The zero-order valence-electron chi connectivity index (χ0n) is 11.7. The van der Waals surface area contributed by atoms with Crippen molar-refractivity contribution in [3.8, 4) is 11.5 Å². The minimum Gasteiger partial charge on any atom is -0.445 e. The van der Waals surface area contributed by atoms with E-state index in [0.717, 1.165) is 16.8 Å². The number of anilines is 1. The van der Waals surface area contributed by atoms with Gasteiger partial charge in [-0.1, -0.05) is 6.07 Å². The van der Waals surface area contributed by atoms with E-state index in [1.54, 1.807) is 24.1 Å². The van der Waals surface area contributed by atoms with Crippen LogP contribution >= 0.6 is 0 Å². The molecule has 0 saturated carbocycles. The van der Waals surface area contributed by atoms with Crippen molar-refractivity contribution in [1.29, 1.82) is 0 Å². The summed E-state index contributed by atoms with van der Waals surface area (Å²) in [5.41, 5.74) is 3.01. The standard InChI is InChI=1S/C15H14N4O2/c1-10-3-4-11(15-16-5-6-21-15)7-13(10)18-14(20)12-8-17-19(2)9-12/h3-9H,1-2H3,(H,18,20). The largest absolute Gasteiger partial charge is 0.445 e. The van der Waals surface area contributed by atoms with Crippen molar-refractivity contribution >= 4 is 11.6 Å². The van der Waals surface area contributed by atoms with Gasteiger partial charge < -0.3 is 9.73 Å². The lowest BCUT2D eigenvalue weighted by Crippen LogP contribution is -2.12. The number of carbonyl (C=O) groups excluding carboxylic acids is 1. The average Bonchev–Trinajstić information content (AvgIpc) is 3.12. The lowest BCUT2D eigenvalue weighted by atomic mass is 10.1. The van der Waals surface area contributed by atoms with E-state index in [-0.39, 0.29) is 5.91 Å². The van der Waals surface area contributed by atoms with Crippen LogP contribution in [0.25, 0.3) is 11.5 Å². The van der Waals surface area contributed by atoms with E-state index in [4.69, 9.17) is 4.42 Å². The first-order valence-corrected chi connectivity index (χ1v) is 6.44. The summed E-state index contributed by atoms with van der Waals surface area (Å²) >= 11 is 0. The molecule has 1 N–H and O–H groups in total. The fourth-order valence-electron chi connectivity index (χ4n) is 1.99. The van der Waals surface area contributed by atoms with Crippen LogP contribution in [0.2, 0.25) is 0 Å². The van der Waals surface area contributed by atoms with Crippen molar-refractivity contribution in [2.75, 3.05) is 5.32 Å². The predicted octanol–water partition coefficient (Wildman–Crippen LogP) is 2.64. The van der Waals surface area contributed by atoms with E-state index in [2.05, 4.69) is 15.4 Å². The number of nitrogens with one attached hydrogen (secondary N) is 1. The summed E-state index contributed by atoms with van der Waals surface area (Å²) in [5.74, 6) is 0.322. The van der Waals surface area contributed by atoms with Gasteiger partial charge in [-0.25, -0.2) is 4.98 Å². The number of nitrogens with zero attached hydrogens (tertiary/aromatic N) is 3. The molecule has 0 spiro atoms. The van der Waals surface area contributed by atoms with Crippen LogP contribution in [-0.2, 0) is 7.05 Å². The fraction of sp³-hybridized carbons (Fsp3) is 0.133. The molecule has 6 heteroatoms. The molecule has 0 unspecified atom stereocenters. The van der Waals surface area contributed by atoms with E-state index < -0.39 is 0 Å². The van der Waals surface area contributed by atoms with Crippen LogP contribution in [0.4, 0.5) is 5.69 Å². The van der Waals surface area contributed by atoms with Gasteiger partial charge in [0.15, 0.2) is 0 Å². The molecule has 0 aliphatic rings. The zero-order chi connectivity index (χ0) is 14.8. The molecule has 2 aromatic heterocycles. The van der Waals surface area contributed by atoms with Gasteiger partial charge in [0.05, 0.1) is 18.0 Å². The number of hydrogen-bond acceptors (Lipinski definition) is 4. The first-order valence-electron chi connectivity index (χ1n) is 6.44. The Hall–Kier alpha value is -2.89. The number of rotatable bonds is 3. The molecule has 1 aromatic carbocycles. The van der Waals surface area contributed by atoms with E-state index >= 15 is 0 Å². The topological polar surface area (TPSA) is 73.0 Å². The quantitative estimate of drug-likeness (QED) is 0.801. The molecule has 0 aliphatic heterocycles. The third-order valence-corrected chi connectivity index (χ3v) is 3.13. The summed E-state index contributed by atoms with van der Waals surface area (Å²) in [6.07, 6.45) is 6.30. The van der Waals surface area contributed by atoms with E-state index in [1.807, 2.05) is 25.1 Å². The average molecular weight is 282 g/mol. The molecule has 0 atom stereocenters. The highest BCUT2D eigenvalue weighted by Crippen LogP contribution is 2.24. The van der Waals surface area contributed by atoms with Gasteiger partial charge in [0, 0.05) is 24.5 Å². The van der Waals surface area contributed by atoms with Gasteiger partial charge in [0.1, 0.15) is 6.26 Å². The second-order valence-corrected chi connectivity index (χ2v) is 4.72. The van der Waals surface area contributed by atoms with Crippen LogP contribution in [0.1, 0.15) is 15.9 Å². The molecule has 0 saturated heterocycles. The lowest BCUT2D eigenvalue weighted by Gasteiger charge is -2.08. The number of aryl methyl sites for hydroxylation is 2. The molecule has 3 aromatic rings. The first-order chi connectivity index (χ1) is 10.1. The van der Waals surface area contributed by atoms with Gasteiger partial charge in [-0.05, 0) is 24.6 Å². The minimum atomic E-state index is -0.198. The molecule has 3 rings (SSSR count). The summed E-state index contributed by atoms with van der Waals surface area (Å²) in [6.45, 7) is 1.93. The Morgan fingerprint density at radius 1 is 1.38 bits per heavy atom. The summed E-state index contributed by atoms with van der Waals surface area (Å²) < 4.78 is 6.86. The molecule has 6 nitrogen and oxygen atoms in total. The highest BCUT2D eigenvalue weighted by Gasteiger charge is 2.11. The summed E-state index contributed by atoms with van der Waals surface area (Å²) in [5, 5.41) is 6.87.